The molecule has 0 aliphatic heterocycles. The molecule has 0 saturated heterocycles. The molecule has 1 fully saturated rings. The quantitative estimate of drug-likeness (QED) is 0.584. The van der Waals surface area contributed by atoms with Gasteiger partial charge in [0.1, 0.15) is 0 Å². The number of ether oxygens (including phenoxy) is 2. The Balaban J connectivity index is 2.23. The van der Waals surface area contributed by atoms with E-state index < -0.39 is 0 Å². The summed E-state index contributed by atoms with van der Waals surface area (Å²) in [5, 5.41) is 0. The maximum Gasteiger partial charge on any atom is 0.311 e. The first-order chi connectivity index (χ1) is 9.58. The van der Waals surface area contributed by atoms with E-state index in [0.29, 0.717) is 18.4 Å². The standard InChI is InChI=1S/C17H28O3/c1-11-5-7-13-12(2)6-8-14(15(13)9-11)16(10-19-3)17(18)20-4/h9,12-16H,5-8,10H2,1-4H3/t12-,13?,14?,15?,16?/m1/s1. The number of hydrogen-bond donors (Lipinski definition) is 0. The van der Waals surface area contributed by atoms with Gasteiger partial charge in [-0.05, 0) is 49.9 Å². The zero-order chi connectivity index (χ0) is 14.7. The Bertz CT molecular complexity index is 374. The summed E-state index contributed by atoms with van der Waals surface area (Å²) in [5.74, 6) is 2.16. The minimum Gasteiger partial charge on any atom is -0.469 e. The van der Waals surface area contributed by atoms with E-state index in [1.807, 2.05) is 0 Å². The van der Waals surface area contributed by atoms with Crippen LogP contribution in [-0.4, -0.2) is 26.8 Å². The smallest absolute Gasteiger partial charge is 0.311 e. The van der Waals surface area contributed by atoms with Gasteiger partial charge in [0.15, 0.2) is 0 Å². The first-order valence-corrected chi connectivity index (χ1v) is 7.82. The summed E-state index contributed by atoms with van der Waals surface area (Å²) in [6.45, 7) is 5.06. The molecule has 1 saturated carbocycles. The van der Waals surface area contributed by atoms with Gasteiger partial charge in [-0.3, -0.25) is 4.79 Å². The molecular weight excluding hydrogens is 252 g/mol. The van der Waals surface area contributed by atoms with Crippen molar-refractivity contribution in [1.82, 2.24) is 0 Å². The van der Waals surface area contributed by atoms with E-state index in [2.05, 4.69) is 19.9 Å². The monoisotopic (exact) mass is 280 g/mol. The minimum absolute atomic E-state index is 0.109. The van der Waals surface area contributed by atoms with Crippen LogP contribution in [0.15, 0.2) is 11.6 Å². The van der Waals surface area contributed by atoms with Crippen molar-refractivity contribution in [3.8, 4) is 0 Å². The minimum atomic E-state index is -0.118. The van der Waals surface area contributed by atoms with Crippen LogP contribution in [0.2, 0.25) is 0 Å². The molecule has 0 amide bonds. The average Bonchev–Trinajstić information content (AvgIpc) is 2.45. The molecule has 0 heterocycles. The molecular formula is C17H28O3. The highest BCUT2D eigenvalue weighted by Gasteiger charge is 2.43. The number of allylic oxidation sites excluding steroid dienone is 2. The molecule has 2 aliphatic rings. The molecule has 2 aliphatic carbocycles. The number of fused-ring (bicyclic) bond motifs is 1. The zero-order valence-corrected chi connectivity index (χ0v) is 13.2. The highest BCUT2D eigenvalue weighted by atomic mass is 16.5. The second-order valence-electron chi connectivity index (χ2n) is 6.60. The predicted molar refractivity (Wildman–Crippen MR) is 79.2 cm³/mol. The van der Waals surface area contributed by atoms with Crippen LogP contribution in [0.3, 0.4) is 0 Å². The van der Waals surface area contributed by atoms with Crippen LogP contribution in [0, 0.1) is 29.6 Å². The van der Waals surface area contributed by atoms with Gasteiger partial charge in [-0.25, -0.2) is 0 Å². The third-order valence-electron chi connectivity index (χ3n) is 5.39. The first-order valence-electron chi connectivity index (χ1n) is 7.82. The van der Waals surface area contributed by atoms with Crippen LogP contribution in [0.1, 0.15) is 39.5 Å². The molecule has 0 N–H and O–H groups in total. The fraction of sp³-hybridized carbons (Fsp3) is 0.824. The summed E-state index contributed by atoms with van der Waals surface area (Å²) in [6.07, 6.45) is 7.24. The highest BCUT2D eigenvalue weighted by molar-refractivity contribution is 5.73. The maximum atomic E-state index is 12.1. The topological polar surface area (TPSA) is 35.5 Å². The van der Waals surface area contributed by atoms with E-state index in [9.17, 15) is 4.79 Å². The lowest BCUT2D eigenvalue weighted by Crippen LogP contribution is -2.42. The Labute approximate surface area is 122 Å². The van der Waals surface area contributed by atoms with Crippen LogP contribution in [0.4, 0.5) is 0 Å². The molecule has 0 aromatic heterocycles. The van der Waals surface area contributed by atoms with Gasteiger partial charge in [-0.2, -0.15) is 0 Å². The third kappa shape index (κ3) is 3.08. The fourth-order valence-corrected chi connectivity index (χ4v) is 4.26. The Hall–Kier alpha value is -0.830. The number of methoxy groups -OCH3 is 2. The van der Waals surface area contributed by atoms with Gasteiger partial charge >= 0.3 is 5.97 Å². The summed E-state index contributed by atoms with van der Waals surface area (Å²) in [7, 11) is 3.15. The average molecular weight is 280 g/mol. The molecule has 5 atom stereocenters. The van der Waals surface area contributed by atoms with Crippen molar-refractivity contribution in [1.29, 1.82) is 0 Å². The van der Waals surface area contributed by atoms with E-state index in [-0.39, 0.29) is 11.9 Å². The lowest BCUT2D eigenvalue weighted by atomic mass is 9.60. The molecule has 3 nitrogen and oxygen atoms in total. The Kier molecular flexibility index (Phi) is 5.25. The number of carbonyl (C=O) groups is 1. The first kappa shape index (κ1) is 15.6. The third-order valence-corrected chi connectivity index (χ3v) is 5.39. The van der Waals surface area contributed by atoms with Crippen molar-refractivity contribution in [2.24, 2.45) is 29.6 Å². The van der Waals surface area contributed by atoms with E-state index in [4.69, 9.17) is 9.47 Å². The van der Waals surface area contributed by atoms with Crippen LogP contribution < -0.4 is 0 Å². The van der Waals surface area contributed by atoms with Crippen molar-refractivity contribution in [3.63, 3.8) is 0 Å². The van der Waals surface area contributed by atoms with Gasteiger partial charge in [0.25, 0.3) is 0 Å². The molecule has 0 spiro atoms. The van der Waals surface area contributed by atoms with Gasteiger partial charge in [-0.1, -0.05) is 25.0 Å². The number of esters is 1. The highest BCUT2D eigenvalue weighted by Crippen LogP contribution is 2.48. The maximum absolute atomic E-state index is 12.1. The second-order valence-corrected chi connectivity index (χ2v) is 6.60. The molecule has 114 valence electrons. The van der Waals surface area contributed by atoms with Crippen molar-refractivity contribution >= 4 is 5.97 Å². The number of carbonyl (C=O) groups excluding carboxylic acids is 1. The van der Waals surface area contributed by atoms with Crippen LogP contribution in [0.5, 0.6) is 0 Å². The SMILES string of the molecule is COCC(C(=O)OC)C1CC[C@@H](C)C2CCC(C)=CC12. The largest absolute Gasteiger partial charge is 0.469 e. The van der Waals surface area contributed by atoms with Gasteiger partial charge in [0, 0.05) is 7.11 Å². The normalized spacial score (nSPS) is 34.9. The molecule has 0 bridgehead atoms. The molecule has 2 rings (SSSR count). The van der Waals surface area contributed by atoms with Gasteiger partial charge < -0.3 is 9.47 Å². The van der Waals surface area contributed by atoms with Crippen LogP contribution in [0.25, 0.3) is 0 Å². The van der Waals surface area contributed by atoms with E-state index in [0.717, 1.165) is 18.3 Å². The fourth-order valence-electron chi connectivity index (χ4n) is 4.26. The molecule has 3 heteroatoms. The molecule has 20 heavy (non-hydrogen) atoms. The molecule has 4 unspecified atom stereocenters. The van der Waals surface area contributed by atoms with Gasteiger partial charge in [-0.15, -0.1) is 0 Å². The second kappa shape index (κ2) is 6.75. The Morgan fingerprint density at radius 1 is 1.35 bits per heavy atom. The molecule has 0 aromatic carbocycles. The summed E-state index contributed by atoms with van der Waals surface area (Å²) in [5.41, 5.74) is 1.48. The number of hydrogen-bond acceptors (Lipinski definition) is 3. The lowest BCUT2D eigenvalue weighted by Gasteiger charge is -2.45. The molecule has 0 radical (unpaired) electrons. The summed E-state index contributed by atoms with van der Waals surface area (Å²) in [4.78, 5) is 12.1. The zero-order valence-electron chi connectivity index (χ0n) is 13.2. The van der Waals surface area contributed by atoms with Crippen molar-refractivity contribution in [2.45, 2.75) is 39.5 Å². The molecule has 0 aromatic rings. The van der Waals surface area contributed by atoms with Gasteiger partial charge in [0.2, 0.25) is 0 Å². The van der Waals surface area contributed by atoms with E-state index in [1.165, 1.54) is 31.9 Å². The van der Waals surface area contributed by atoms with Crippen molar-refractivity contribution in [3.05, 3.63) is 11.6 Å². The van der Waals surface area contributed by atoms with Gasteiger partial charge in [0.05, 0.1) is 19.6 Å². The Morgan fingerprint density at radius 2 is 2.10 bits per heavy atom. The van der Waals surface area contributed by atoms with Crippen molar-refractivity contribution < 1.29 is 14.3 Å². The summed E-state index contributed by atoms with van der Waals surface area (Å²) >= 11 is 0. The van der Waals surface area contributed by atoms with Crippen LogP contribution in [-0.2, 0) is 14.3 Å². The predicted octanol–water partition coefficient (Wildman–Crippen LogP) is 3.44. The lowest BCUT2D eigenvalue weighted by molar-refractivity contribution is -0.152. The van der Waals surface area contributed by atoms with E-state index in [1.54, 1.807) is 7.11 Å². The summed E-state index contributed by atoms with van der Waals surface area (Å²) < 4.78 is 10.3. The Morgan fingerprint density at radius 3 is 2.75 bits per heavy atom. The van der Waals surface area contributed by atoms with Crippen molar-refractivity contribution in [2.75, 3.05) is 20.8 Å². The van der Waals surface area contributed by atoms with E-state index >= 15 is 0 Å². The number of rotatable bonds is 4. The summed E-state index contributed by atoms with van der Waals surface area (Å²) in [6, 6.07) is 0. The van der Waals surface area contributed by atoms with Crippen LogP contribution >= 0.6 is 0 Å².